The molecule has 0 saturated carbocycles. The lowest BCUT2D eigenvalue weighted by molar-refractivity contribution is -0.122. The highest BCUT2D eigenvalue weighted by Crippen LogP contribution is 2.04. The molecular weight excluding hydrogens is 198 g/mol. The summed E-state index contributed by atoms with van der Waals surface area (Å²) in [6, 6.07) is 0. The van der Waals surface area contributed by atoms with Gasteiger partial charge in [0.1, 0.15) is 19.5 Å². The molecule has 1 aliphatic rings. The van der Waals surface area contributed by atoms with Gasteiger partial charge in [-0.3, -0.25) is 4.79 Å². The Balaban J connectivity index is 1.84. The van der Waals surface area contributed by atoms with E-state index in [-0.39, 0.29) is 11.7 Å². The maximum Gasteiger partial charge on any atom is 0.289 e. The molecule has 0 aliphatic carbocycles. The van der Waals surface area contributed by atoms with Crippen LogP contribution in [-0.2, 0) is 20.8 Å². The van der Waals surface area contributed by atoms with Crippen molar-refractivity contribution in [2.45, 2.75) is 6.54 Å². The molecule has 0 spiro atoms. The second-order valence-electron chi connectivity index (χ2n) is 2.96. The molecule has 15 heavy (non-hydrogen) atoms. The molecule has 0 atom stereocenters. The number of hydrogen-bond donors (Lipinski definition) is 2. The van der Waals surface area contributed by atoms with Crippen molar-refractivity contribution in [2.24, 2.45) is 0 Å². The summed E-state index contributed by atoms with van der Waals surface area (Å²) in [5, 5.41) is 2.67. The van der Waals surface area contributed by atoms with E-state index in [1.807, 2.05) is 0 Å². The molecule has 0 saturated heterocycles. The van der Waals surface area contributed by atoms with Crippen molar-refractivity contribution in [3.8, 4) is 0 Å². The fourth-order valence-electron chi connectivity index (χ4n) is 1.13. The minimum absolute atomic E-state index is 0.209. The average Bonchev–Trinajstić information content (AvgIpc) is 2.80. The highest BCUT2D eigenvalue weighted by molar-refractivity contribution is 5.91. The van der Waals surface area contributed by atoms with Gasteiger partial charge in [0.2, 0.25) is 5.76 Å². The third-order valence-electron chi connectivity index (χ3n) is 1.87. The Labute approximate surface area is 86.3 Å². The van der Waals surface area contributed by atoms with Crippen LogP contribution >= 0.6 is 0 Å². The van der Waals surface area contributed by atoms with E-state index in [1.54, 1.807) is 12.5 Å². The topological polar surface area (TPSA) is 76.2 Å². The molecule has 6 heteroatoms. The number of rotatable bonds is 3. The van der Waals surface area contributed by atoms with Gasteiger partial charge in [0.25, 0.3) is 5.91 Å². The first-order valence-corrected chi connectivity index (χ1v) is 4.56. The molecule has 6 nitrogen and oxygen atoms in total. The van der Waals surface area contributed by atoms with Crippen molar-refractivity contribution in [1.29, 1.82) is 0 Å². The number of carbonyl (C=O) groups is 1. The van der Waals surface area contributed by atoms with Crippen LogP contribution in [0, 0.1) is 0 Å². The molecule has 1 amide bonds. The lowest BCUT2D eigenvalue weighted by Gasteiger charge is -2.14. The molecule has 0 radical (unpaired) electrons. The van der Waals surface area contributed by atoms with Gasteiger partial charge in [-0.25, -0.2) is 4.98 Å². The highest BCUT2D eigenvalue weighted by Gasteiger charge is 2.14. The Morgan fingerprint density at radius 3 is 3.20 bits per heavy atom. The third-order valence-corrected chi connectivity index (χ3v) is 1.87. The molecule has 2 rings (SSSR count). The fraction of sp³-hybridized carbons (Fsp3) is 0.333. The van der Waals surface area contributed by atoms with Crippen molar-refractivity contribution in [3.05, 3.63) is 30.2 Å². The normalized spacial score (nSPS) is 14.8. The molecule has 0 unspecified atom stereocenters. The van der Waals surface area contributed by atoms with Crippen LogP contribution in [-0.4, -0.2) is 29.1 Å². The molecule has 1 aliphatic heterocycles. The molecule has 0 aromatic carbocycles. The Bertz CT molecular complexity index is 359. The number of carbonyl (C=O) groups excluding carboxylic acids is 1. The number of hydrogen-bond acceptors (Lipinski definition) is 4. The van der Waals surface area contributed by atoms with Gasteiger partial charge in [0.05, 0.1) is 18.6 Å². The number of H-pyrrole nitrogens is 1. The van der Waals surface area contributed by atoms with E-state index < -0.39 is 0 Å². The zero-order valence-electron chi connectivity index (χ0n) is 8.03. The number of imidazole rings is 1. The minimum Gasteiger partial charge on any atom is -0.494 e. The number of aromatic amines is 1. The summed E-state index contributed by atoms with van der Waals surface area (Å²) in [4.78, 5) is 18.2. The van der Waals surface area contributed by atoms with E-state index in [4.69, 9.17) is 9.47 Å². The molecule has 80 valence electrons. The zero-order chi connectivity index (χ0) is 10.5. The van der Waals surface area contributed by atoms with E-state index in [0.29, 0.717) is 19.8 Å². The Kier molecular flexibility index (Phi) is 2.87. The summed E-state index contributed by atoms with van der Waals surface area (Å²) in [6.07, 6.45) is 4.53. The lowest BCUT2D eigenvalue weighted by Crippen LogP contribution is -2.28. The van der Waals surface area contributed by atoms with Crippen LogP contribution in [0.4, 0.5) is 0 Å². The van der Waals surface area contributed by atoms with Gasteiger partial charge in [-0.15, -0.1) is 0 Å². The standard InChI is InChI=1S/C9H11N3O3/c13-9(8-5-14-1-2-15-8)11-4-7-3-10-6-12-7/h3,5-6H,1-2,4H2,(H,10,12)(H,11,13). The van der Waals surface area contributed by atoms with Crippen LogP contribution in [0.15, 0.2) is 24.5 Å². The number of aromatic nitrogens is 2. The van der Waals surface area contributed by atoms with E-state index in [0.717, 1.165) is 5.69 Å². The number of amides is 1. The van der Waals surface area contributed by atoms with Gasteiger partial charge in [0, 0.05) is 6.20 Å². The van der Waals surface area contributed by atoms with Gasteiger partial charge in [-0.05, 0) is 0 Å². The molecule has 1 aromatic rings. The molecule has 2 heterocycles. The first-order valence-electron chi connectivity index (χ1n) is 4.56. The minimum atomic E-state index is -0.288. The third kappa shape index (κ3) is 2.49. The van der Waals surface area contributed by atoms with Crippen LogP contribution in [0.1, 0.15) is 5.69 Å². The summed E-state index contributed by atoms with van der Waals surface area (Å²) >= 11 is 0. The largest absolute Gasteiger partial charge is 0.494 e. The quantitative estimate of drug-likeness (QED) is 0.729. The van der Waals surface area contributed by atoms with Gasteiger partial charge < -0.3 is 19.8 Å². The van der Waals surface area contributed by atoms with E-state index >= 15 is 0 Å². The molecule has 1 aromatic heterocycles. The van der Waals surface area contributed by atoms with Crippen LogP contribution < -0.4 is 5.32 Å². The average molecular weight is 209 g/mol. The predicted octanol–water partition coefficient (Wildman–Crippen LogP) is -0.0859. The summed E-state index contributed by atoms with van der Waals surface area (Å²) in [5.74, 6) is -0.0786. The van der Waals surface area contributed by atoms with Crippen molar-refractivity contribution in [1.82, 2.24) is 15.3 Å². The van der Waals surface area contributed by atoms with Crippen molar-refractivity contribution < 1.29 is 14.3 Å². The van der Waals surface area contributed by atoms with Crippen LogP contribution in [0.3, 0.4) is 0 Å². The maximum absolute atomic E-state index is 11.5. The second kappa shape index (κ2) is 4.50. The SMILES string of the molecule is O=C(NCc1cnc[nH]1)C1=COCCO1. The van der Waals surface area contributed by atoms with Gasteiger partial charge >= 0.3 is 0 Å². The maximum atomic E-state index is 11.5. The van der Waals surface area contributed by atoms with Crippen LogP contribution in [0.2, 0.25) is 0 Å². The summed E-state index contributed by atoms with van der Waals surface area (Å²) in [5.41, 5.74) is 0.834. The molecule has 0 fully saturated rings. The first kappa shape index (κ1) is 9.57. The molecular formula is C9H11N3O3. The Morgan fingerprint density at radius 1 is 1.60 bits per heavy atom. The summed E-state index contributed by atoms with van der Waals surface area (Å²) in [7, 11) is 0. The van der Waals surface area contributed by atoms with E-state index in [9.17, 15) is 4.79 Å². The molecule has 0 bridgehead atoms. The van der Waals surface area contributed by atoms with E-state index in [1.165, 1.54) is 6.26 Å². The zero-order valence-corrected chi connectivity index (χ0v) is 8.03. The summed E-state index contributed by atoms with van der Waals surface area (Å²) in [6.45, 7) is 1.28. The van der Waals surface area contributed by atoms with E-state index in [2.05, 4.69) is 15.3 Å². The van der Waals surface area contributed by atoms with Crippen LogP contribution in [0.25, 0.3) is 0 Å². The first-order chi connectivity index (χ1) is 7.36. The second-order valence-corrected chi connectivity index (χ2v) is 2.96. The van der Waals surface area contributed by atoms with Crippen molar-refractivity contribution >= 4 is 5.91 Å². The van der Waals surface area contributed by atoms with Gasteiger partial charge in [0.15, 0.2) is 0 Å². The number of nitrogens with one attached hydrogen (secondary N) is 2. The summed E-state index contributed by atoms with van der Waals surface area (Å²) < 4.78 is 10.1. The smallest absolute Gasteiger partial charge is 0.289 e. The number of ether oxygens (including phenoxy) is 2. The molecule has 2 N–H and O–H groups in total. The number of nitrogens with zero attached hydrogens (tertiary/aromatic N) is 1. The Hall–Kier alpha value is -1.98. The van der Waals surface area contributed by atoms with Gasteiger partial charge in [-0.1, -0.05) is 0 Å². The van der Waals surface area contributed by atoms with Gasteiger partial charge in [-0.2, -0.15) is 0 Å². The lowest BCUT2D eigenvalue weighted by atomic mass is 10.4. The predicted molar refractivity (Wildman–Crippen MR) is 50.4 cm³/mol. The Morgan fingerprint density at radius 2 is 2.53 bits per heavy atom. The fourth-order valence-corrected chi connectivity index (χ4v) is 1.13. The van der Waals surface area contributed by atoms with Crippen LogP contribution in [0.5, 0.6) is 0 Å². The monoisotopic (exact) mass is 209 g/mol. The van der Waals surface area contributed by atoms with Crippen molar-refractivity contribution in [3.63, 3.8) is 0 Å². The highest BCUT2D eigenvalue weighted by atomic mass is 16.6. The van der Waals surface area contributed by atoms with Crippen molar-refractivity contribution in [2.75, 3.05) is 13.2 Å².